The number of unbranched alkanes of at least 4 members (excludes halogenated alkanes) is 1. The number of hydrogen-bond acceptors (Lipinski definition) is 2. The molecule has 0 bridgehead atoms. The Morgan fingerprint density at radius 2 is 1.88 bits per heavy atom. The van der Waals surface area contributed by atoms with Crippen LogP contribution in [0.2, 0.25) is 0 Å². The van der Waals surface area contributed by atoms with Crippen molar-refractivity contribution in [2.75, 3.05) is 0 Å². The van der Waals surface area contributed by atoms with Crippen LogP contribution in [0.4, 0.5) is 0 Å². The van der Waals surface area contributed by atoms with Crippen LogP contribution < -0.4 is 0 Å². The molecule has 0 saturated carbocycles. The first-order chi connectivity index (χ1) is 8.03. The Labute approximate surface area is 104 Å². The largest absolute Gasteiger partial charge is 0.224 e. The summed E-state index contributed by atoms with van der Waals surface area (Å²) < 4.78 is 23.8. The molecule has 1 aromatic carbocycles. The molecule has 0 spiro atoms. The third-order valence-electron chi connectivity index (χ3n) is 2.52. The minimum absolute atomic E-state index is 0.0945. The van der Waals surface area contributed by atoms with E-state index in [4.69, 9.17) is 0 Å². The third kappa shape index (κ3) is 5.68. The molecular weight excluding hydrogens is 232 g/mol. The van der Waals surface area contributed by atoms with Gasteiger partial charge in [0, 0.05) is 5.41 Å². The second-order valence-corrected chi connectivity index (χ2v) is 6.21. The SMILES string of the molecule is CCCC/C(C)=C/S(=O)(=O)Cc1ccccc1. The molecule has 3 heteroatoms. The van der Waals surface area contributed by atoms with Gasteiger partial charge in [-0.05, 0) is 25.3 Å². The van der Waals surface area contributed by atoms with Gasteiger partial charge in [-0.1, -0.05) is 49.2 Å². The number of hydrogen-bond donors (Lipinski definition) is 0. The van der Waals surface area contributed by atoms with Crippen LogP contribution in [0.1, 0.15) is 38.7 Å². The molecule has 0 heterocycles. The predicted octanol–water partition coefficient (Wildman–Crippen LogP) is 3.70. The van der Waals surface area contributed by atoms with E-state index in [1.165, 1.54) is 5.41 Å². The molecule has 0 radical (unpaired) electrons. The highest BCUT2D eigenvalue weighted by Gasteiger charge is 2.08. The normalized spacial score (nSPS) is 12.7. The van der Waals surface area contributed by atoms with Gasteiger partial charge in [0.2, 0.25) is 0 Å². The molecule has 94 valence electrons. The van der Waals surface area contributed by atoms with Crippen molar-refractivity contribution < 1.29 is 8.42 Å². The van der Waals surface area contributed by atoms with Gasteiger partial charge in [-0.25, -0.2) is 8.42 Å². The van der Waals surface area contributed by atoms with Gasteiger partial charge < -0.3 is 0 Å². The summed E-state index contributed by atoms with van der Waals surface area (Å²) in [4.78, 5) is 0. The standard InChI is InChI=1S/C14H20O2S/c1-3-4-8-13(2)11-17(15,16)12-14-9-6-5-7-10-14/h5-7,9-11H,3-4,8,12H2,1-2H3/b13-11+. The van der Waals surface area contributed by atoms with Crippen LogP contribution in [0.15, 0.2) is 41.3 Å². The van der Waals surface area contributed by atoms with E-state index < -0.39 is 9.84 Å². The second kappa shape index (κ2) is 6.60. The molecule has 2 nitrogen and oxygen atoms in total. The van der Waals surface area contributed by atoms with Crippen molar-refractivity contribution in [3.05, 3.63) is 46.9 Å². The molecule has 0 fully saturated rings. The number of sulfone groups is 1. The highest BCUT2D eigenvalue weighted by molar-refractivity contribution is 7.93. The summed E-state index contributed by atoms with van der Waals surface area (Å²) in [7, 11) is -3.13. The highest BCUT2D eigenvalue weighted by Crippen LogP contribution is 2.12. The third-order valence-corrected chi connectivity index (χ3v) is 4.01. The monoisotopic (exact) mass is 252 g/mol. The maximum absolute atomic E-state index is 11.9. The lowest BCUT2D eigenvalue weighted by Gasteiger charge is -2.02. The van der Waals surface area contributed by atoms with Crippen LogP contribution in [0.3, 0.4) is 0 Å². The zero-order valence-electron chi connectivity index (χ0n) is 10.5. The van der Waals surface area contributed by atoms with Gasteiger partial charge in [-0.15, -0.1) is 0 Å². The lowest BCUT2D eigenvalue weighted by Crippen LogP contribution is -2.01. The number of rotatable bonds is 6. The quantitative estimate of drug-likeness (QED) is 0.773. The Morgan fingerprint density at radius 3 is 2.47 bits per heavy atom. The smallest absolute Gasteiger partial charge is 0.175 e. The van der Waals surface area contributed by atoms with Gasteiger partial charge in [-0.3, -0.25) is 0 Å². The number of allylic oxidation sites excluding steroid dienone is 1. The average molecular weight is 252 g/mol. The molecule has 1 aromatic rings. The fourth-order valence-corrected chi connectivity index (χ4v) is 3.14. The van der Waals surface area contributed by atoms with Crippen LogP contribution in [0.5, 0.6) is 0 Å². The Kier molecular flexibility index (Phi) is 5.42. The van der Waals surface area contributed by atoms with Crippen molar-refractivity contribution >= 4 is 9.84 Å². The Bertz CT molecular complexity index is 458. The maximum Gasteiger partial charge on any atom is 0.175 e. The lowest BCUT2D eigenvalue weighted by atomic mass is 10.2. The van der Waals surface area contributed by atoms with E-state index in [2.05, 4.69) is 6.92 Å². The molecule has 0 unspecified atom stereocenters. The van der Waals surface area contributed by atoms with Crippen LogP contribution >= 0.6 is 0 Å². The van der Waals surface area contributed by atoms with Crippen molar-refractivity contribution in [2.24, 2.45) is 0 Å². The molecule has 17 heavy (non-hydrogen) atoms. The molecular formula is C14H20O2S. The molecule has 0 saturated heterocycles. The molecule has 1 rings (SSSR count). The highest BCUT2D eigenvalue weighted by atomic mass is 32.2. The van der Waals surface area contributed by atoms with Crippen LogP contribution in [0.25, 0.3) is 0 Å². The van der Waals surface area contributed by atoms with Gasteiger partial charge in [0.15, 0.2) is 9.84 Å². The van der Waals surface area contributed by atoms with Crippen molar-refractivity contribution in [1.82, 2.24) is 0 Å². The summed E-state index contributed by atoms with van der Waals surface area (Å²) in [6, 6.07) is 9.29. The van der Waals surface area contributed by atoms with E-state index in [-0.39, 0.29) is 5.75 Å². The minimum Gasteiger partial charge on any atom is -0.224 e. The van der Waals surface area contributed by atoms with Crippen LogP contribution in [-0.4, -0.2) is 8.42 Å². The first kappa shape index (κ1) is 14.0. The summed E-state index contributed by atoms with van der Waals surface area (Å²) in [6.07, 6.45) is 3.00. The summed E-state index contributed by atoms with van der Waals surface area (Å²) in [6.45, 7) is 3.99. The minimum atomic E-state index is -3.13. The molecule has 0 atom stereocenters. The first-order valence-corrected chi connectivity index (χ1v) is 7.69. The van der Waals surface area contributed by atoms with Crippen molar-refractivity contribution in [2.45, 2.75) is 38.9 Å². The number of benzene rings is 1. The Balaban J connectivity index is 2.69. The van der Waals surface area contributed by atoms with Gasteiger partial charge in [-0.2, -0.15) is 0 Å². The van der Waals surface area contributed by atoms with Crippen LogP contribution in [0, 0.1) is 0 Å². The molecule has 0 aromatic heterocycles. The van der Waals surface area contributed by atoms with E-state index in [0.717, 1.165) is 30.4 Å². The first-order valence-electron chi connectivity index (χ1n) is 5.97. The van der Waals surface area contributed by atoms with Crippen molar-refractivity contribution in [1.29, 1.82) is 0 Å². The van der Waals surface area contributed by atoms with Crippen LogP contribution in [-0.2, 0) is 15.6 Å². The van der Waals surface area contributed by atoms with Crippen molar-refractivity contribution in [3.63, 3.8) is 0 Å². The fourth-order valence-electron chi connectivity index (χ4n) is 1.67. The zero-order valence-corrected chi connectivity index (χ0v) is 11.3. The summed E-state index contributed by atoms with van der Waals surface area (Å²) in [5.74, 6) is 0.0945. The Hall–Kier alpha value is -1.09. The zero-order chi connectivity index (χ0) is 12.7. The second-order valence-electron chi connectivity index (χ2n) is 4.36. The van der Waals surface area contributed by atoms with E-state index in [0.29, 0.717) is 0 Å². The molecule has 0 aliphatic carbocycles. The predicted molar refractivity (Wildman–Crippen MR) is 72.3 cm³/mol. The van der Waals surface area contributed by atoms with Gasteiger partial charge in [0.05, 0.1) is 5.75 Å². The van der Waals surface area contributed by atoms with Crippen molar-refractivity contribution in [3.8, 4) is 0 Å². The fraction of sp³-hybridized carbons (Fsp3) is 0.429. The molecule has 0 aliphatic heterocycles. The molecule has 0 amide bonds. The summed E-state index contributed by atoms with van der Waals surface area (Å²) in [5, 5.41) is 1.43. The lowest BCUT2D eigenvalue weighted by molar-refractivity contribution is 0.603. The maximum atomic E-state index is 11.9. The topological polar surface area (TPSA) is 34.1 Å². The van der Waals surface area contributed by atoms with E-state index in [9.17, 15) is 8.42 Å². The summed E-state index contributed by atoms with van der Waals surface area (Å²) >= 11 is 0. The average Bonchev–Trinajstić information content (AvgIpc) is 2.26. The van der Waals surface area contributed by atoms with Gasteiger partial charge >= 0.3 is 0 Å². The van der Waals surface area contributed by atoms with Gasteiger partial charge in [0.25, 0.3) is 0 Å². The Morgan fingerprint density at radius 1 is 1.24 bits per heavy atom. The van der Waals surface area contributed by atoms with Gasteiger partial charge in [0.1, 0.15) is 0 Å². The van der Waals surface area contributed by atoms with E-state index in [1.54, 1.807) is 0 Å². The summed E-state index contributed by atoms with van der Waals surface area (Å²) in [5.41, 5.74) is 1.79. The molecule has 0 aliphatic rings. The van der Waals surface area contributed by atoms with E-state index >= 15 is 0 Å². The van der Waals surface area contributed by atoms with E-state index in [1.807, 2.05) is 37.3 Å². The molecule has 0 N–H and O–H groups in total.